The predicted molar refractivity (Wildman–Crippen MR) is 204 cm³/mol. The van der Waals surface area contributed by atoms with Gasteiger partial charge in [0.2, 0.25) is 11.8 Å². The average molecular weight is 738 g/mol. The van der Waals surface area contributed by atoms with Crippen LogP contribution in [0.3, 0.4) is 0 Å². The van der Waals surface area contributed by atoms with E-state index in [0.29, 0.717) is 39.3 Å². The molecule has 2 spiro atoms. The highest BCUT2D eigenvalue weighted by Gasteiger charge is 2.52. The van der Waals surface area contributed by atoms with Gasteiger partial charge >= 0.3 is 0 Å². The lowest BCUT2D eigenvalue weighted by Crippen LogP contribution is -2.72. The summed E-state index contributed by atoms with van der Waals surface area (Å²) in [7, 11) is 3.83. The van der Waals surface area contributed by atoms with E-state index in [-0.39, 0.29) is 17.2 Å². The molecule has 0 unspecified atom stereocenters. The largest absolute Gasteiger partial charge is 0.481 e. The second kappa shape index (κ2) is 12.6. The van der Waals surface area contributed by atoms with E-state index in [1.807, 2.05) is 53.4 Å². The first kappa shape index (κ1) is 33.8. The van der Waals surface area contributed by atoms with Crippen LogP contribution < -0.4 is 9.64 Å². The molecule has 4 saturated heterocycles. The third-order valence-electron chi connectivity index (χ3n) is 11.7. The number of pyridine rings is 1. The number of aromatic nitrogens is 1. The lowest BCUT2D eigenvalue weighted by atomic mass is 9.72. The highest BCUT2D eigenvalue weighted by Crippen LogP contribution is 2.45. The van der Waals surface area contributed by atoms with Crippen molar-refractivity contribution in [2.75, 3.05) is 71.4 Å². The summed E-state index contributed by atoms with van der Waals surface area (Å²) < 4.78 is 5.76. The zero-order valence-electron chi connectivity index (χ0n) is 29.8. The Balaban J connectivity index is 0.911. The highest BCUT2D eigenvalue weighted by molar-refractivity contribution is 6.39. The van der Waals surface area contributed by atoms with Gasteiger partial charge in [0, 0.05) is 111 Å². The van der Waals surface area contributed by atoms with Crippen LogP contribution in [0.25, 0.3) is 22.4 Å². The molecule has 1 aromatic heterocycles. The van der Waals surface area contributed by atoms with E-state index in [1.165, 1.54) is 18.7 Å². The average Bonchev–Trinajstić information content (AvgIpc) is 3.38. The van der Waals surface area contributed by atoms with Gasteiger partial charge in [0.1, 0.15) is 0 Å². The summed E-state index contributed by atoms with van der Waals surface area (Å²) in [6.07, 6.45) is 0. The fraction of sp³-hybridized carbons (Fsp3) is 0.390. The van der Waals surface area contributed by atoms with Gasteiger partial charge in [-0.2, -0.15) is 0 Å². The summed E-state index contributed by atoms with van der Waals surface area (Å²) in [5.74, 6) is 0.669. The van der Waals surface area contributed by atoms with E-state index in [2.05, 4.69) is 39.9 Å². The summed E-state index contributed by atoms with van der Waals surface area (Å²) in [6.45, 7) is 12.0. The van der Waals surface area contributed by atoms with Crippen molar-refractivity contribution in [1.29, 1.82) is 0 Å². The van der Waals surface area contributed by atoms with Crippen LogP contribution in [0.4, 0.5) is 5.69 Å². The number of carbonyl (C=O) groups is 2. The Bertz CT molecular complexity index is 2110. The Morgan fingerprint density at radius 1 is 0.788 bits per heavy atom. The topological polar surface area (TPSA) is 72.5 Å². The number of amides is 2. The van der Waals surface area contributed by atoms with Crippen molar-refractivity contribution < 1.29 is 14.3 Å². The van der Waals surface area contributed by atoms with Gasteiger partial charge in [-0.25, -0.2) is 4.98 Å². The maximum atomic E-state index is 13.7. The fourth-order valence-electron chi connectivity index (χ4n) is 9.47. The molecule has 2 amide bonds. The number of fused-ring (bicyclic) bond motifs is 1. The molecule has 0 atom stereocenters. The van der Waals surface area contributed by atoms with Crippen molar-refractivity contribution in [2.45, 2.75) is 26.6 Å². The van der Waals surface area contributed by atoms with Gasteiger partial charge in [-0.3, -0.25) is 19.4 Å². The van der Waals surface area contributed by atoms with Gasteiger partial charge in [-0.15, -0.1) is 0 Å². The second-order valence-electron chi connectivity index (χ2n) is 15.9. The maximum absolute atomic E-state index is 13.7. The predicted octanol–water partition coefficient (Wildman–Crippen LogP) is 6.30. The zero-order chi connectivity index (χ0) is 35.9. The standard InChI is InChI=1S/C41H42Cl2N6O3/c1-26(50)48-24-41(25-48)22-47(23-41)16-28-11-13-34(44-38(28)52-3)33-8-4-6-31(36(33)42)32-7-5-9-35(37(32)43)49-17-29-14-27(10-12-30(29)39(49)51)15-46-20-40(21-46)18-45(2)19-40/h4-14H,15-25H2,1-3H3. The van der Waals surface area contributed by atoms with E-state index >= 15 is 0 Å². The molecular formula is C41H42Cl2N6O3. The van der Waals surface area contributed by atoms with E-state index in [1.54, 1.807) is 18.9 Å². The van der Waals surface area contributed by atoms with Crippen molar-refractivity contribution >= 4 is 40.7 Å². The Labute approximate surface area is 314 Å². The number of hydrogen-bond acceptors (Lipinski definition) is 7. The molecule has 4 aromatic rings. The number of likely N-dealkylation sites (tertiary alicyclic amines) is 4. The number of carbonyl (C=O) groups excluding carboxylic acids is 2. The minimum atomic E-state index is -0.0450. The van der Waals surface area contributed by atoms with Crippen LogP contribution in [-0.2, 0) is 24.4 Å². The second-order valence-corrected chi connectivity index (χ2v) is 16.6. The van der Waals surface area contributed by atoms with Crippen LogP contribution in [0, 0.1) is 10.8 Å². The lowest BCUT2D eigenvalue weighted by molar-refractivity contribution is -0.157. The first-order valence-electron chi connectivity index (χ1n) is 18.0. The molecule has 6 heterocycles. The fourth-order valence-corrected chi connectivity index (χ4v) is 10.1. The summed E-state index contributed by atoms with van der Waals surface area (Å²) >= 11 is 14.3. The van der Waals surface area contributed by atoms with Gasteiger partial charge in [-0.1, -0.05) is 71.7 Å². The molecule has 11 heteroatoms. The van der Waals surface area contributed by atoms with Crippen molar-refractivity contribution in [3.63, 3.8) is 0 Å². The minimum Gasteiger partial charge on any atom is -0.481 e. The SMILES string of the molecule is COc1nc(-c2cccc(-c3cccc(N4Cc5cc(CN6CC7(CN(C)C7)C6)ccc5C4=O)c3Cl)c2Cl)ccc1CN1CC2(C1)CN(C(C)=O)C2. The van der Waals surface area contributed by atoms with Crippen molar-refractivity contribution in [3.8, 4) is 28.3 Å². The van der Waals surface area contributed by atoms with Crippen LogP contribution >= 0.6 is 23.2 Å². The minimum absolute atomic E-state index is 0.0450. The summed E-state index contributed by atoms with van der Waals surface area (Å²) in [5.41, 5.74) is 8.37. The number of anilines is 1. The van der Waals surface area contributed by atoms with Crippen LogP contribution in [0.2, 0.25) is 10.0 Å². The zero-order valence-corrected chi connectivity index (χ0v) is 31.3. The van der Waals surface area contributed by atoms with Crippen LogP contribution in [0.15, 0.2) is 66.7 Å². The number of ether oxygens (including phenoxy) is 1. The smallest absolute Gasteiger partial charge is 0.258 e. The molecule has 0 radical (unpaired) electrons. The quantitative estimate of drug-likeness (QED) is 0.210. The normalized spacial score (nSPS) is 20.4. The summed E-state index contributed by atoms with van der Waals surface area (Å²) in [6, 6.07) is 21.9. The van der Waals surface area contributed by atoms with Gasteiger partial charge in [0.15, 0.2) is 0 Å². The molecule has 9 rings (SSSR count). The van der Waals surface area contributed by atoms with Crippen LogP contribution in [-0.4, -0.2) is 103 Å². The number of methoxy groups -OCH3 is 1. The Hall–Kier alpha value is -3.99. The van der Waals surface area contributed by atoms with Gasteiger partial charge in [0.25, 0.3) is 5.91 Å². The van der Waals surface area contributed by atoms with E-state index in [9.17, 15) is 9.59 Å². The molecule has 0 bridgehead atoms. The van der Waals surface area contributed by atoms with Crippen LogP contribution in [0.5, 0.6) is 5.88 Å². The van der Waals surface area contributed by atoms with Crippen LogP contribution in [0.1, 0.15) is 34.0 Å². The third kappa shape index (κ3) is 5.69. The highest BCUT2D eigenvalue weighted by atomic mass is 35.5. The van der Waals surface area contributed by atoms with Crippen molar-refractivity contribution in [1.82, 2.24) is 24.6 Å². The summed E-state index contributed by atoms with van der Waals surface area (Å²) in [5, 5.41) is 1.00. The molecule has 9 nitrogen and oxygen atoms in total. The molecule has 0 N–H and O–H groups in total. The monoisotopic (exact) mass is 736 g/mol. The Morgan fingerprint density at radius 2 is 1.44 bits per heavy atom. The Morgan fingerprint density at radius 3 is 2.13 bits per heavy atom. The third-order valence-corrected chi connectivity index (χ3v) is 12.5. The molecule has 268 valence electrons. The van der Waals surface area contributed by atoms with Gasteiger partial charge in [-0.05, 0) is 36.4 Å². The molecular weight excluding hydrogens is 695 g/mol. The number of benzene rings is 3. The van der Waals surface area contributed by atoms with E-state index in [4.69, 9.17) is 32.9 Å². The number of hydrogen-bond donors (Lipinski definition) is 0. The molecule has 0 saturated carbocycles. The van der Waals surface area contributed by atoms with Crippen molar-refractivity contribution in [2.24, 2.45) is 10.8 Å². The first-order valence-corrected chi connectivity index (χ1v) is 18.7. The molecule has 52 heavy (non-hydrogen) atoms. The van der Waals surface area contributed by atoms with E-state index in [0.717, 1.165) is 85.7 Å². The lowest BCUT2D eigenvalue weighted by Gasteiger charge is -2.60. The molecule has 5 aliphatic heterocycles. The number of nitrogens with zero attached hydrogens (tertiary/aromatic N) is 6. The molecule has 4 fully saturated rings. The van der Waals surface area contributed by atoms with E-state index < -0.39 is 0 Å². The van der Waals surface area contributed by atoms with Gasteiger partial charge in [0.05, 0.1) is 35.1 Å². The van der Waals surface area contributed by atoms with Crippen molar-refractivity contribution in [3.05, 3.63) is 99.0 Å². The molecule has 0 aliphatic carbocycles. The Kier molecular flexibility index (Phi) is 8.17. The molecule has 5 aliphatic rings. The number of halogens is 2. The number of rotatable bonds is 8. The van der Waals surface area contributed by atoms with Gasteiger partial charge < -0.3 is 19.4 Å². The maximum Gasteiger partial charge on any atom is 0.258 e. The summed E-state index contributed by atoms with van der Waals surface area (Å²) in [4.78, 5) is 41.2. The molecule has 3 aromatic carbocycles. The first-order chi connectivity index (χ1) is 25.0.